The summed E-state index contributed by atoms with van der Waals surface area (Å²) in [6.45, 7) is 4.39. The van der Waals surface area contributed by atoms with Gasteiger partial charge in [-0.05, 0) is 31.0 Å². The maximum absolute atomic E-state index is 9.09. The predicted molar refractivity (Wildman–Crippen MR) is 89.6 cm³/mol. The highest BCUT2D eigenvalue weighted by Gasteiger charge is 2.30. The van der Waals surface area contributed by atoms with Crippen molar-refractivity contribution in [1.29, 1.82) is 5.26 Å². The molecular weight excluding hydrogens is 270 g/mol. The molecule has 0 amide bonds. The topological polar surface area (TPSA) is 30.3 Å². The van der Waals surface area contributed by atoms with Crippen LogP contribution in [0.15, 0.2) is 54.6 Å². The molecule has 0 unspecified atom stereocenters. The maximum atomic E-state index is 9.09. The molecule has 0 radical (unpaired) electrons. The molecule has 0 spiro atoms. The first-order chi connectivity index (χ1) is 10.8. The molecule has 1 aliphatic heterocycles. The molecule has 112 valence electrons. The predicted octanol–water partition coefficient (Wildman–Crippen LogP) is 3.21. The van der Waals surface area contributed by atoms with Gasteiger partial charge in [0.15, 0.2) is 0 Å². The summed E-state index contributed by atoms with van der Waals surface area (Å²) in [7, 11) is 0. The Kier molecular flexibility index (Phi) is 4.41. The van der Waals surface area contributed by atoms with Crippen molar-refractivity contribution < 1.29 is 0 Å². The molecule has 0 bridgehead atoms. The molecule has 22 heavy (non-hydrogen) atoms. The van der Waals surface area contributed by atoms with Crippen molar-refractivity contribution >= 4 is 5.69 Å². The van der Waals surface area contributed by atoms with Crippen molar-refractivity contribution in [2.45, 2.75) is 19.4 Å². The highest BCUT2D eigenvalue weighted by atomic mass is 15.4. The van der Waals surface area contributed by atoms with E-state index in [1.165, 1.54) is 16.8 Å². The minimum Gasteiger partial charge on any atom is -0.357 e. The number of benzene rings is 2. The monoisotopic (exact) mass is 291 g/mol. The van der Waals surface area contributed by atoms with Gasteiger partial charge in [-0.15, -0.1) is 0 Å². The minimum absolute atomic E-state index is 0.392. The molecule has 1 aliphatic rings. The quantitative estimate of drug-likeness (QED) is 0.810. The molecule has 0 aromatic heterocycles. The molecule has 1 heterocycles. The summed E-state index contributed by atoms with van der Waals surface area (Å²) in [6, 6.07) is 21.9. The molecule has 3 nitrogen and oxygen atoms in total. The third-order valence-electron chi connectivity index (χ3n) is 4.29. The molecule has 1 atom stereocenters. The second kappa shape index (κ2) is 6.64. The zero-order valence-corrected chi connectivity index (χ0v) is 12.9. The zero-order valence-electron chi connectivity index (χ0n) is 12.9. The van der Waals surface area contributed by atoms with Crippen LogP contribution in [0.5, 0.6) is 0 Å². The second-order valence-corrected chi connectivity index (χ2v) is 5.95. The van der Waals surface area contributed by atoms with Gasteiger partial charge in [-0.2, -0.15) is 5.26 Å². The van der Waals surface area contributed by atoms with E-state index in [-0.39, 0.29) is 0 Å². The number of rotatable bonds is 4. The van der Waals surface area contributed by atoms with Gasteiger partial charge in [0.2, 0.25) is 0 Å². The SMILES string of the molecule is Cc1ccc(N2C[C@H](Cc3ccccc3)N(CC#N)C2)cc1. The average Bonchev–Trinajstić information content (AvgIpc) is 2.92. The van der Waals surface area contributed by atoms with Gasteiger partial charge in [-0.3, -0.25) is 4.90 Å². The van der Waals surface area contributed by atoms with Crippen LogP contribution in [-0.4, -0.2) is 30.7 Å². The van der Waals surface area contributed by atoms with Crippen LogP contribution >= 0.6 is 0 Å². The smallest absolute Gasteiger partial charge is 0.0882 e. The van der Waals surface area contributed by atoms with Gasteiger partial charge in [-0.25, -0.2) is 0 Å². The van der Waals surface area contributed by atoms with Crippen molar-refractivity contribution in [2.75, 3.05) is 24.7 Å². The van der Waals surface area contributed by atoms with E-state index in [1.54, 1.807) is 0 Å². The molecule has 0 aliphatic carbocycles. The number of hydrogen-bond donors (Lipinski definition) is 0. The van der Waals surface area contributed by atoms with Gasteiger partial charge in [0, 0.05) is 18.3 Å². The lowest BCUT2D eigenvalue weighted by atomic mass is 10.1. The Morgan fingerprint density at radius 3 is 2.50 bits per heavy atom. The number of hydrogen-bond acceptors (Lipinski definition) is 3. The summed E-state index contributed by atoms with van der Waals surface area (Å²) < 4.78 is 0. The van der Waals surface area contributed by atoms with Gasteiger partial charge in [0.1, 0.15) is 0 Å². The first-order valence-corrected chi connectivity index (χ1v) is 7.73. The minimum atomic E-state index is 0.392. The second-order valence-electron chi connectivity index (χ2n) is 5.95. The van der Waals surface area contributed by atoms with E-state index in [1.807, 2.05) is 6.07 Å². The maximum Gasteiger partial charge on any atom is 0.0882 e. The van der Waals surface area contributed by atoms with E-state index >= 15 is 0 Å². The van der Waals surface area contributed by atoms with Gasteiger partial charge < -0.3 is 4.90 Å². The Morgan fingerprint density at radius 2 is 1.82 bits per heavy atom. The van der Waals surface area contributed by atoms with Gasteiger partial charge in [0.25, 0.3) is 0 Å². The van der Waals surface area contributed by atoms with Crippen LogP contribution in [0.2, 0.25) is 0 Å². The number of aryl methyl sites for hydroxylation is 1. The van der Waals surface area contributed by atoms with E-state index in [0.717, 1.165) is 19.6 Å². The summed E-state index contributed by atoms with van der Waals surface area (Å²) in [5.74, 6) is 0. The molecular formula is C19H21N3. The lowest BCUT2D eigenvalue weighted by Gasteiger charge is -2.19. The molecule has 3 rings (SSSR count). The van der Waals surface area contributed by atoms with Crippen molar-refractivity contribution in [3.8, 4) is 6.07 Å². The summed E-state index contributed by atoms with van der Waals surface area (Å²) >= 11 is 0. The van der Waals surface area contributed by atoms with Gasteiger partial charge in [-0.1, -0.05) is 48.0 Å². The lowest BCUT2D eigenvalue weighted by Crippen LogP contribution is -2.33. The lowest BCUT2D eigenvalue weighted by molar-refractivity contribution is 0.289. The molecule has 2 aromatic carbocycles. The van der Waals surface area contributed by atoms with Crippen LogP contribution in [0.1, 0.15) is 11.1 Å². The van der Waals surface area contributed by atoms with E-state index in [9.17, 15) is 0 Å². The molecule has 0 N–H and O–H groups in total. The summed E-state index contributed by atoms with van der Waals surface area (Å²) in [5.41, 5.74) is 3.85. The summed E-state index contributed by atoms with van der Waals surface area (Å²) in [6.07, 6.45) is 0.991. The van der Waals surface area contributed by atoms with Crippen LogP contribution in [-0.2, 0) is 6.42 Å². The van der Waals surface area contributed by atoms with Gasteiger partial charge >= 0.3 is 0 Å². The molecule has 1 fully saturated rings. The third-order valence-corrected chi connectivity index (χ3v) is 4.29. The van der Waals surface area contributed by atoms with E-state index in [2.05, 4.69) is 71.3 Å². The average molecular weight is 291 g/mol. The van der Waals surface area contributed by atoms with Crippen LogP contribution < -0.4 is 4.90 Å². The Bertz CT molecular complexity index is 643. The molecule has 3 heteroatoms. The fraction of sp³-hybridized carbons (Fsp3) is 0.316. The Hall–Kier alpha value is -2.31. The highest BCUT2D eigenvalue weighted by molar-refractivity contribution is 5.48. The van der Waals surface area contributed by atoms with Crippen molar-refractivity contribution in [1.82, 2.24) is 4.90 Å². The highest BCUT2D eigenvalue weighted by Crippen LogP contribution is 2.24. The summed E-state index contributed by atoms with van der Waals surface area (Å²) in [5, 5.41) is 9.09. The van der Waals surface area contributed by atoms with Crippen LogP contribution in [0.4, 0.5) is 5.69 Å². The van der Waals surface area contributed by atoms with Crippen LogP contribution in [0.3, 0.4) is 0 Å². The standard InChI is InChI=1S/C19H21N3/c1-16-7-9-18(10-8-16)22-14-19(21(15-22)12-11-20)13-17-5-3-2-4-6-17/h2-10,19H,12-15H2,1H3/t19-/m0/s1. The van der Waals surface area contributed by atoms with Crippen molar-refractivity contribution in [3.63, 3.8) is 0 Å². The number of anilines is 1. The van der Waals surface area contributed by atoms with Crippen LogP contribution in [0.25, 0.3) is 0 Å². The number of nitrogens with zero attached hydrogens (tertiary/aromatic N) is 3. The number of nitriles is 1. The zero-order chi connectivity index (χ0) is 15.4. The molecule has 1 saturated heterocycles. The van der Waals surface area contributed by atoms with E-state index < -0.39 is 0 Å². The first kappa shape index (κ1) is 14.6. The Labute approximate surface area is 132 Å². The van der Waals surface area contributed by atoms with Gasteiger partial charge in [0.05, 0.1) is 19.3 Å². The molecule has 0 saturated carbocycles. The van der Waals surface area contributed by atoms with E-state index in [4.69, 9.17) is 5.26 Å². The summed E-state index contributed by atoms with van der Waals surface area (Å²) in [4.78, 5) is 4.64. The Balaban J connectivity index is 1.74. The fourth-order valence-corrected chi connectivity index (χ4v) is 3.05. The fourth-order valence-electron chi connectivity index (χ4n) is 3.05. The normalized spacial score (nSPS) is 18.4. The Morgan fingerprint density at radius 1 is 1.09 bits per heavy atom. The first-order valence-electron chi connectivity index (χ1n) is 7.73. The van der Waals surface area contributed by atoms with Crippen molar-refractivity contribution in [3.05, 3.63) is 65.7 Å². The van der Waals surface area contributed by atoms with E-state index in [0.29, 0.717) is 12.6 Å². The van der Waals surface area contributed by atoms with Crippen molar-refractivity contribution in [2.24, 2.45) is 0 Å². The largest absolute Gasteiger partial charge is 0.357 e. The third kappa shape index (κ3) is 3.29. The van der Waals surface area contributed by atoms with Crippen LogP contribution in [0, 0.1) is 18.3 Å². The molecule has 2 aromatic rings.